The number of carbonyl (C=O) groups excluding carboxylic acids is 1. The van der Waals surface area contributed by atoms with E-state index in [0.29, 0.717) is 16.9 Å². The molecule has 5 nitrogen and oxygen atoms in total. The molecule has 0 aliphatic carbocycles. The number of nitrogens with zero attached hydrogens (tertiary/aromatic N) is 4. The molecule has 0 amide bonds. The molecule has 0 spiro atoms. The minimum Gasteiger partial charge on any atom is -0.293 e. The predicted octanol–water partition coefficient (Wildman–Crippen LogP) is 3.80. The number of rotatable bonds is 3. The number of aromatic nitrogens is 4. The molecule has 25 heavy (non-hydrogen) atoms. The van der Waals surface area contributed by atoms with Crippen molar-refractivity contribution in [2.24, 2.45) is 0 Å². The van der Waals surface area contributed by atoms with Crippen LogP contribution >= 0.6 is 0 Å². The van der Waals surface area contributed by atoms with Gasteiger partial charge in [-0.15, -0.1) is 10.2 Å². The van der Waals surface area contributed by atoms with Crippen LogP contribution in [0.25, 0.3) is 28.0 Å². The fraction of sp³-hybridized carbons (Fsp3) is 0.0526. The van der Waals surface area contributed by atoms with Crippen LogP contribution in [0.2, 0.25) is 0 Å². The summed E-state index contributed by atoms with van der Waals surface area (Å²) in [6.45, 7) is 1.42. The quantitative estimate of drug-likeness (QED) is 0.535. The summed E-state index contributed by atoms with van der Waals surface area (Å²) in [5.74, 6) is -0.581. The Labute approximate surface area is 142 Å². The summed E-state index contributed by atoms with van der Waals surface area (Å²) in [7, 11) is 0. The average molecular weight is 332 g/mol. The molecule has 0 N–H and O–H groups in total. The summed E-state index contributed by atoms with van der Waals surface area (Å²) in [5, 5.41) is 12.7. The normalized spacial score (nSPS) is 11.0. The van der Waals surface area contributed by atoms with Gasteiger partial charge in [-0.2, -0.15) is 5.10 Å². The molecule has 122 valence electrons. The summed E-state index contributed by atoms with van der Waals surface area (Å²) in [6, 6.07) is 15.6. The molecule has 4 rings (SSSR count). The van der Waals surface area contributed by atoms with E-state index >= 15 is 0 Å². The Hall–Kier alpha value is -3.41. The molecule has 2 aromatic heterocycles. The van der Waals surface area contributed by atoms with E-state index in [1.165, 1.54) is 19.1 Å². The Morgan fingerprint density at radius 2 is 1.68 bits per heavy atom. The molecule has 2 heterocycles. The van der Waals surface area contributed by atoms with Crippen molar-refractivity contribution < 1.29 is 9.18 Å². The van der Waals surface area contributed by atoms with E-state index in [2.05, 4.69) is 15.3 Å². The first kappa shape index (κ1) is 15.1. The van der Waals surface area contributed by atoms with Gasteiger partial charge in [0.1, 0.15) is 11.5 Å². The van der Waals surface area contributed by atoms with Gasteiger partial charge in [-0.05, 0) is 29.8 Å². The van der Waals surface area contributed by atoms with E-state index in [-0.39, 0.29) is 17.3 Å². The summed E-state index contributed by atoms with van der Waals surface area (Å²) >= 11 is 0. The van der Waals surface area contributed by atoms with E-state index in [9.17, 15) is 9.18 Å². The van der Waals surface area contributed by atoms with Crippen molar-refractivity contribution in [2.75, 3.05) is 0 Å². The molecule has 0 atom stereocenters. The van der Waals surface area contributed by atoms with Gasteiger partial charge < -0.3 is 0 Å². The third-order valence-electron chi connectivity index (χ3n) is 3.96. The summed E-state index contributed by atoms with van der Waals surface area (Å²) < 4.78 is 14.9. The smallest absolute Gasteiger partial charge is 0.185 e. The van der Waals surface area contributed by atoms with Gasteiger partial charge in [0, 0.05) is 18.1 Å². The van der Waals surface area contributed by atoms with Gasteiger partial charge in [-0.1, -0.05) is 30.3 Å². The first-order valence-electron chi connectivity index (χ1n) is 7.72. The third-order valence-corrected chi connectivity index (χ3v) is 3.96. The monoisotopic (exact) mass is 332 g/mol. The van der Waals surface area contributed by atoms with Gasteiger partial charge in [0.15, 0.2) is 17.1 Å². The summed E-state index contributed by atoms with van der Waals surface area (Å²) in [4.78, 5) is 12.0. The van der Waals surface area contributed by atoms with Crippen molar-refractivity contribution in [2.45, 2.75) is 6.92 Å². The van der Waals surface area contributed by atoms with Gasteiger partial charge in [0.2, 0.25) is 0 Å². The van der Waals surface area contributed by atoms with Gasteiger partial charge in [0.25, 0.3) is 0 Å². The second kappa shape index (κ2) is 5.90. The van der Waals surface area contributed by atoms with Crippen molar-refractivity contribution in [1.82, 2.24) is 19.8 Å². The molecular weight excluding hydrogens is 319 g/mol. The zero-order chi connectivity index (χ0) is 17.4. The molecule has 0 bridgehead atoms. The number of Topliss-reactive ketones (excluding diaryl/α,β-unsaturated/α-hetero) is 1. The summed E-state index contributed by atoms with van der Waals surface area (Å²) in [5.41, 5.74) is 3.64. The molecule has 4 aromatic rings. The largest absolute Gasteiger partial charge is 0.293 e. The highest BCUT2D eigenvalue weighted by molar-refractivity contribution is 5.98. The van der Waals surface area contributed by atoms with Gasteiger partial charge in [0.05, 0.1) is 6.20 Å². The number of hydrogen-bond donors (Lipinski definition) is 0. The van der Waals surface area contributed by atoms with E-state index in [0.717, 1.165) is 11.1 Å². The number of ketones is 1. The highest BCUT2D eigenvalue weighted by Gasteiger charge is 2.19. The molecule has 6 heteroatoms. The number of fused-ring (bicyclic) bond motifs is 1. The second-order valence-electron chi connectivity index (χ2n) is 5.62. The molecule has 0 saturated heterocycles. The lowest BCUT2D eigenvalue weighted by Crippen LogP contribution is -2.09. The molecule has 0 fully saturated rings. The number of benzene rings is 2. The lowest BCUT2D eigenvalue weighted by molar-refractivity contribution is 0.101. The molecule has 0 unspecified atom stereocenters. The first-order chi connectivity index (χ1) is 12.1. The lowest BCUT2D eigenvalue weighted by Gasteiger charge is -2.08. The molecular formula is C19H13FN4O. The number of carbonyl (C=O) groups is 1. The van der Waals surface area contributed by atoms with Crippen molar-refractivity contribution >= 4 is 11.4 Å². The van der Waals surface area contributed by atoms with Gasteiger partial charge in [-0.25, -0.2) is 8.91 Å². The van der Waals surface area contributed by atoms with Crippen LogP contribution in [-0.4, -0.2) is 25.6 Å². The van der Waals surface area contributed by atoms with Crippen LogP contribution in [0.15, 0.2) is 60.8 Å². The van der Waals surface area contributed by atoms with Crippen molar-refractivity contribution in [1.29, 1.82) is 0 Å². The van der Waals surface area contributed by atoms with Crippen molar-refractivity contribution in [3.8, 4) is 22.4 Å². The molecule has 0 aliphatic rings. The van der Waals surface area contributed by atoms with E-state index in [1.807, 2.05) is 30.3 Å². The third kappa shape index (κ3) is 2.57. The second-order valence-corrected chi connectivity index (χ2v) is 5.62. The maximum absolute atomic E-state index is 13.3. The Balaban J connectivity index is 2.02. The number of hydrogen-bond acceptors (Lipinski definition) is 4. The minimum atomic E-state index is -0.350. The Bertz CT molecular complexity index is 1070. The van der Waals surface area contributed by atoms with Crippen LogP contribution in [0.1, 0.15) is 17.4 Å². The van der Waals surface area contributed by atoms with E-state index < -0.39 is 0 Å². The SMILES string of the molecule is CC(=O)c1nnc2c(-c3ccccc3)cnn2c1-c1ccc(F)cc1. The molecule has 0 saturated carbocycles. The van der Waals surface area contributed by atoms with Crippen LogP contribution in [0.5, 0.6) is 0 Å². The fourth-order valence-corrected chi connectivity index (χ4v) is 2.77. The van der Waals surface area contributed by atoms with Crippen LogP contribution < -0.4 is 0 Å². The zero-order valence-corrected chi connectivity index (χ0v) is 13.3. The van der Waals surface area contributed by atoms with E-state index in [1.54, 1.807) is 22.8 Å². The Kier molecular flexibility index (Phi) is 3.57. The predicted molar refractivity (Wildman–Crippen MR) is 91.6 cm³/mol. The van der Waals surface area contributed by atoms with Crippen molar-refractivity contribution in [3.05, 3.63) is 72.3 Å². The average Bonchev–Trinajstić information content (AvgIpc) is 3.06. The first-order valence-corrected chi connectivity index (χ1v) is 7.72. The van der Waals surface area contributed by atoms with Crippen molar-refractivity contribution in [3.63, 3.8) is 0 Å². The van der Waals surface area contributed by atoms with Gasteiger partial charge >= 0.3 is 0 Å². The Morgan fingerprint density at radius 1 is 0.960 bits per heavy atom. The molecule has 0 aliphatic heterocycles. The highest BCUT2D eigenvalue weighted by Crippen LogP contribution is 2.28. The molecule has 2 aromatic carbocycles. The van der Waals surface area contributed by atoms with Crippen LogP contribution in [-0.2, 0) is 0 Å². The summed E-state index contributed by atoms with van der Waals surface area (Å²) in [6.07, 6.45) is 1.69. The van der Waals surface area contributed by atoms with E-state index in [4.69, 9.17) is 0 Å². The molecule has 0 radical (unpaired) electrons. The highest BCUT2D eigenvalue weighted by atomic mass is 19.1. The van der Waals surface area contributed by atoms with Crippen LogP contribution in [0.3, 0.4) is 0 Å². The van der Waals surface area contributed by atoms with Crippen LogP contribution in [0, 0.1) is 5.82 Å². The standard InChI is InChI=1S/C19H13FN4O/c1-12(25)17-18(14-7-9-15(20)10-8-14)24-19(23-22-17)16(11-21-24)13-5-3-2-4-6-13/h2-11H,1H3. The maximum Gasteiger partial charge on any atom is 0.185 e. The van der Waals surface area contributed by atoms with Crippen LogP contribution in [0.4, 0.5) is 4.39 Å². The number of halogens is 1. The van der Waals surface area contributed by atoms with Gasteiger partial charge in [-0.3, -0.25) is 4.79 Å². The topological polar surface area (TPSA) is 60.2 Å². The Morgan fingerprint density at radius 3 is 2.36 bits per heavy atom. The maximum atomic E-state index is 13.3. The fourth-order valence-electron chi connectivity index (χ4n) is 2.77. The lowest BCUT2D eigenvalue weighted by atomic mass is 10.1. The zero-order valence-electron chi connectivity index (χ0n) is 13.3. The minimum absolute atomic E-state index is 0.196.